The predicted molar refractivity (Wildman–Crippen MR) is 136 cm³/mol. The molecule has 3 N–H and O–H groups in total. The van der Waals surface area contributed by atoms with Crippen molar-refractivity contribution < 1.29 is 14.8 Å². The lowest BCUT2D eigenvalue weighted by molar-refractivity contribution is -0.124. The first kappa shape index (κ1) is 24.3. The van der Waals surface area contributed by atoms with Crippen LogP contribution in [-0.2, 0) is 11.3 Å². The fraction of sp³-hybridized carbons (Fsp3) is 0.259. The number of benzene rings is 2. The van der Waals surface area contributed by atoms with Crippen molar-refractivity contribution in [2.24, 2.45) is 0 Å². The molecular formula is C27H31N5O3. The Hall–Kier alpha value is -3.88. The summed E-state index contributed by atoms with van der Waals surface area (Å²) in [6.07, 6.45) is 6.87. The number of amides is 3. The van der Waals surface area contributed by atoms with Gasteiger partial charge >= 0.3 is 6.03 Å². The van der Waals surface area contributed by atoms with E-state index in [9.17, 15) is 9.59 Å². The molecule has 1 fully saturated rings. The third kappa shape index (κ3) is 6.17. The zero-order chi connectivity index (χ0) is 24.8. The summed E-state index contributed by atoms with van der Waals surface area (Å²) in [5.74, 6) is -0.562. The van der Waals surface area contributed by atoms with Crippen molar-refractivity contribution in [1.29, 1.82) is 0 Å². The number of rotatable bonds is 6. The topological polar surface area (TPSA) is 89.8 Å². The molecule has 2 atom stereocenters. The van der Waals surface area contributed by atoms with Gasteiger partial charge in [0.1, 0.15) is 0 Å². The van der Waals surface area contributed by atoms with Gasteiger partial charge in [0.2, 0.25) is 0 Å². The summed E-state index contributed by atoms with van der Waals surface area (Å²) < 4.78 is 2.01. The second kappa shape index (κ2) is 11.0. The molecule has 1 aliphatic rings. The molecule has 1 saturated heterocycles. The summed E-state index contributed by atoms with van der Waals surface area (Å²) in [5, 5.41) is 11.6. The number of hydrogen-bond acceptors (Lipinski definition) is 4. The highest BCUT2D eigenvalue weighted by Gasteiger charge is 2.32. The van der Waals surface area contributed by atoms with Gasteiger partial charge in [0.25, 0.3) is 5.91 Å². The highest BCUT2D eigenvalue weighted by atomic mass is 16.5. The lowest BCUT2D eigenvalue weighted by Gasteiger charge is -2.44. The minimum absolute atomic E-state index is 0.0607. The molecule has 8 nitrogen and oxygen atoms in total. The van der Waals surface area contributed by atoms with E-state index < -0.39 is 5.91 Å². The molecule has 0 aliphatic carbocycles. The molecule has 2 heterocycles. The van der Waals surface area contributed by atoms with E-state index in [-0.39, 0.29) is 18.1 Å². The van der Waals surface area contributed by atoms with Crippen LogP contribution in [0.15, 0.2) is 79.1 Å². The predicted octanol–water partition coefficient (Wildman–Crippen LogP) is 4.12. The Balaban J connectivity index is 1.34. The molecule has 8 heteroatoms. The molecule has 1 aromatic heterocycles. The number of hydrogen-bond donors (Lipinski definition) is 3. The van der Waals surface area contributed by atoms with Crippen molar-refractivity contribution in [3.05, 3.63) is 90.3 Å². The van der Waals surface area contributed by atoms with Crippen LogP contribution in [0.3, 0.4) is 0 Å². The van der Waals surface area contributed by atoms with Crippen LogP contribution in [0.25, 0.3) is 11.8 Å². The van der Waals surface area contributed by atoms with Crippen LogP contribution in [0.4, 0.5) is 10.5 Å². The highest BCUT2D eigenvalue weighted by Crippen LogP contribution is 2.21. The zero-order valence-electron chi connectivity index (χ0n) is 20.0. The van der Waals surface area contributed by atoms with Crippen LogP contribution in [0.1, 0.15) is 25.0 Å². The Morgan fingerprint density at radius 2 is 1.69 bits per heavy atom. The molecule has 0 saturated carbocycles. The van der Waals surface area contributed by atoms with Gasteiger partial charge in [0.05, 0.1) is 0 Å². The average molecular weight is 474 g/mol. The Bertz CT molecular complexity index is 1160. The SMILES string of the molecule is C[C@@H]1CN(Cc2ccc(C=CC(=O)NO)cc2)C[C@H](C)N1C(=O)Nc1cccc(-n2cccc2)c1. The quantitative estimate of drug-likeness (QED) is 0.285. The van der Waals surface area contributed by atoms with Crippen molar-refractivity contribution in [3.63, 3.8) is 0 Å². The van der Waals surface area contributed by atoms with Gasteiger partial charge in [-0.2, -0.15) is 0 Å². The van der Waals surface area contributed by atoms with Gasteiger partial charge in [-0.15, -0.1) is 0 Å². The van der Waals surface area contributed by atoms with Gasteiger partial charge in [-0.3, -0.25) is 14.9 Å². The third-order valence-corrected chi connectivity index (χ3v) is 6.15. The third-order valence-electron chi connectivity index (χ3n) is 6.15. The number of carbonyl (C=O) groups excluding carboxylic acids is 2. The van der Waals surface area contributed by atoms with Gasteiger partial charge in [-0.05, 0) is 61.4 Å². The minimum atomic E-state index is -0.562. The summed E-state index contributed by atoms with van der Waals surface area (Å²) >= 11 is 0. The number of anilines is 1. The van der Waals surface area contributed by atoms with Crippen LogP contribution in [0.2, 0.25) is 0 Å². The van der Waals surface area contributed by atoms with E-state index in [0.717, 1.165) is 42.1 Å². The smallest absolute Gasteiger partial charge is 0.322 e. The van der Waals surface area contributed by atoms with Crippen molar-refractivity contribution in [2.75, 3.05) is 18.4 Å². The maximum Gasteiger partial charge on any atom is 0.322 e. The molecule has 1 aliphatic heterocycles. The first-order valence-electron chi connectivity index (χ1n) is 11.7. The molecule has 3 amide bonds. The number of piperazine rings is 1. The van der Waals surface area contributed by atoms with Crippen LogP contribution in [0.5, 0.6) is 0 Å². The van der Waals surface area contributed by atoms with E-state index in [0.29, 0.717) is 0 Å². The van der Waals surface area contributed by atoms with Gasteiger partial charge in [-0.25, -0.2) is 10.3 Å². The first-order chi connectivity index (χ1) is 16.9. The van der Waals surface area contributed by atoms with E-state index >= 15 is 0 Å². The maximum absolute atomic E-state index is 13.2. The lowest BCUT2D eigenvalue weighted by Crippen LogP contribution is -2.59. The summed E-state index contributed by atoms with van der Waals surface area (Å²) in [6.45, 7) is 6.50. The lowest BCUT2D eigenvalue weighted by atomic mass is 10.1. The number of carbonyl (C=O) groups is 2. The molecule has 4 rings (SSSR count). The second-order valence-corrected chi connectivity index (χ2v) is 8.92. The highest BCUT2D eigenvalue weighted by molar-refractivity contribution is 5.91. The number of nitrogens with zero attached hydrogens (tertiary/aromatic N) is 3. The fourth-order valence-electron chi connectivity index (χ4n) is 4.60. The normalized spacial score (nSPS) is 18.5. The maximum atomic E-state index is 13.2. The van der Waals surface area contributed by atoms with E-state index in [1.165, 1.54) is 6.08 Å². The number of urea groups is 1. The molecule has 0 bridgehead atoms. The van der Waals surface area contributed by atoms with Gasteiger partial charge in [0, 0.05) is 61.6 Å². The molecule has 3 aromatic rings. The van der Waals surface area contributed by atoms with Crippen LogP contribution in [-0.4, -0.2) is 56.7 Å². The molecule has 0 radical (unpaired) electrons. The summed E-state index contributed by atoms with van der Waals surface area (Å²) in [7, 11) is 0. The van der Waals surface area contributed by atoms with Crippen molar-refractivity contribution >= 4 is 23.7 Å². The molecule has 35 heavy (non-hydrogen) atoms. The van der Waals surface area contributed by atoms with Crippen molar-refractivity contribution in [3.8, 4) is 5.69 Å². The Kier molecular flexibility index (Phi) is 7.64. The van der Waals surface area contributed by atoms with E-state index in [1.807, 2.05) is 82.5 Å². The van der Waals surface area contributed by atoms with Crippen molar-refractivity contribution in [1.82, 2.24) is 19.8 Å². The number of hydroxylamine groups is 1. The van der Waals surface area contributed by atoms with Gasteiger partial charge < -0.3 is 14.8 Å². The Labute approximate surface area is 205 Å². The monoisotopic (exact) mass is 473 g/mol. The molecular weight excluding hydrogens is 442 g/mol. The number of aromatic nitrogens is 1. The second-order valence-electron chi connectivity index (χ2n) is 8.92. The van der Waals surface area contributed by atoms with Gasteiger partial charge in [0.15, 0.2) is 0 Å². The summed E-state index contributed by atoms with van der Waals surface area (Å²) in [5.41, 5.74) is 5.38. The number of nitrogens with one attached hydrogen (secondary N) is 2. The van der Waals surface area contributed by atoms with E-state index in [4.69, 9.17) is 5.21 Å². The summed E-state index contributed by atoms with van der Waals surface area (Å²) in [4.78, 5) is 28.6. The minimum Gasteiger partial charge on any atom is -0.324 e. The van der Waals surface area contributed by atoms with Crippen LogP contribution < -0.4 is 10.8 Å². The zero-order valence-corrected chi connectivity index (χ0v) is 20.0. The van der Waals surface area contributed by atoms with Crippen LogP contribution in [0, 0.1) is 0 Å². The van der Waals surface area contributed by atoms with Crippen LogP contribution >= 0.6 is 0 Å². The summed E-state index contributed by atoms with van der Waals surface area (Å²) in [6, 6.07) is 19.7. The largest absolute Gasteiger partial charge is 0.324 e. The van der Waals surface area contributed by atoms with Crippen molar-refractivity contribution in [2.45, 2.75) is 32.5 Å². The van der Waals surface area contributed by atoms with E-state index in [2.05, 4.69) is 24.1 Å². The Morgan fingerprint density at radius 3 is 2.34 bits per heavy atom. The fourth-order valence-corrected chi connectivity index (χ4v) is 4.60. The average Bonchev–Trinajstić information content (AvgIpc) is 3.38. The first-order valence-corrected chi connectivity index (χ1v) is 11.7. The molecule has 2 aromatic carbocycles. The standard InChI is InChI=1S/C27H31N5O3/c1-20-17-30(19-23-10-8-22(9-11-23)12-13-26(33)29-35)18-21(2)32(20)27(34)28-24-6-5-7-25(16-24)31-14-3-4-15-31/h3-16,20-21,35H,17-19H2,1-2H3,(H,28,34)(H,29,33)/t20-,21+. The molecule has 182 valence electrons. The van der Waals surface area contributed by atoms with Gasteiger partial charge in [-0.1, -0.05) is 30.3 Å². The van der Waals surface area contributed by atoms with E-state index in [1.54, 1.807) is 11.6 Å². The molecule has 0 unspecified atom stereocenters. The Morgan fingerprint density at radius 1 is 1.00 bits per heavy atom. The molecule has 0 spiro atoms.